The van der Waals surface area contributed by atoms with E-state index in [1.54, 1.807) is 12.1 Å². The average Bonchev–Trinajstić information content (AvgIpc) is 3.15. The highest BCUT2D eigenvalue weighted by Crippen LogP contribution is 2.24. The molecule has 0 spiro atoms. The van der Waals surface area contributed by atoms with Crippen LogP contribution in [0.5, 0.6) is 0 Å². The van der Waals surface area contributed by atoms with Gasteiger partial charge in [-0.15, -0.1) is 11.8 Å². The maximum atomic E-state index is 12.8. The fraction of sp³-hybridized carbons (Fsp3) is 0.0769. The van der Waals surface area contributed by atoms with Gasteiger partial charge >= 0.3 is 0 Å². The van der Waals surface area contributed by atoms with E-state index in [1.165, 1.54) is 30.1 Å². The zero-order chi connectivity index (χ0) is 14.7. The molecular weight excluding hydrogens is 293 g/mol. The summed E-state index contributed by atoms with van der Waals surface area (Å²) in [7, 11) is 0. The summed E-state index contributed by atoms with van der Waals surface area (Å²) in [5.41, 5.74) is 0.749. The van der Waals surface area contributed by atoms with E-state index in [0.717, 1.165) is 4.90 Å². The van der Waals surface area contributed by atoms with Crippen molar-refractivity contribution < 1.29 is 8.91 Å². The summed E-state index contributed by atoms with van der Waals surface area (Å²) in [5.74, 6) is 0.944. The molecule has 0 aliphatic rings. The summed E-state index contributed by atoms with van der Waals surface area (Å²) in [4.78, 5) is 5.12. The Morgan fingerprint density at radius 2 is 2.14 bits per heavy atom. The number of nitrogens with zero attached hydrogens (tertiary/aromatic N) is 4. The Kier molecular flexibility index (Phi) is 3.66. The number of thioether (sulfide) groups is 1. The average molecular weight is 301 g/mol. The lowest BCUT2D eigenvalue weighted by molar-refractivity contribution is 0.425. The molecule has 1 aromatic carbocycles. The number of nitrogens with one attached hydrogen (secondary N) is 1. The van der Waals surface area contributed by atoms with Crippen LogP contribution in [0.25, 0.3) is 11.5 Å². The van der Waals surface area contributed by atoms with Crippen LogP contribution in [0.3, 0.4) is 0 Å². The summed E-state index contributed by atoms with van der Waals surface area (Å²) in [5, 5.41) is 19.1. The van der Waals surface area contributed by atoms with Crippen molar-refractivity contribution in [2.24, 2.45) is 0 Å². The fourth-order valence-electron chi connectivity index (χ4n) is 1.63. The second-order valence-corrected chi connectivity index (χ2v) is 5.08. The van der Waals surface area contributed by atoms with Gasteiger partial charge in [-0.1, -0.05) is 5.16 Å². The van der Waals surface area contributed by atoms with Gasteiger partial charge in [0.25, 0.3) is 5.89 Å². The standard InChI is InChI=1S/C13H8FN5OS/c14-8-1-3-9(4-2-8)21-7-12-17-13(20-19-12)10-6-16-18-11(10)5-15/h1-4,6H,7H2,(H,16,18). The third kappa shape index (κ3) is 2.93. The van der Waals surface area contributed by atoms with E-state index in [-0.39, 0.29) is 17.4 Å². The molecule has 21 heavy (non-hydrogen) atoms. The molecule has 2 aromatic heterocycles. The Hall–Kier alpha value is -2.66. The predicted octanol–water partition coefficient (Wildman–Crippen LogP) is 2.76. The van der Waals surface area contributed by atoms with Crippen LogP contribution in [0.15, 0.2) is 39.9 Å². The van der Waals surface area contributed by atoms with Gasteiger partial charge in [0.05, 0.1) is 17.5 Å². The molecule has 0 aliphatic heterocycles. The molecule has 0 atom stereocenters. The number of halogens is 1. The van der Waals surface area contributed by atoms with Crippen molar-refractivity contribution in [2.45, 2.75) is 10.6 Å². The molecule has 104 valence electrons. The van der Waals surface area contributed by atoms with Gasteiger partial charge in [0, 0.05) is 4.90 Å². The number of H-pyrrole nitrogens is 1. The SMILES string of the molecule is N#Cc1[nH]ncc1-c1nc(CSc2ccc(F)cc2)no1. The summed E-state index contributed by atoms with van der Waals surface area (Å²) in [6.45, 7) is 0. The van der Waals surface area contributed by atoms with Gasteiger partial charge in [0.2, 0.25) is 0 Å². The molecule has 1 N–H and O–H groups in total. The third-order valence-corrected chi connectivity index (χ3v) is 3.64. The van der Waals surface area contributed by atoms with Gasteiger partial charge in [0.1, 0.15) is 17.6 Å². The van der Waals surface area contributed by atoms with E-state index < -0.39 is 0 Å². The minimum absolute atomic E-state index is 0.245. The van der Waals surface area contributed by atoms with Crippen LogP contribution in [0, 0.1) is 17.1 Å². The zero-order valence-corrected chi connectivity index (χ0v) is 11.4. The van der Waals surface area contributed by atoms with Crippen molar-refractivity contribution in [1.82, 2.24) is 20.3 Å². The molecule has 0 amide bonds. The Morgan fingerprint density at radius 1 is 1.33 bits per heavy atom. The molecular formula is C13H8FN5OS. The molecule has 0 fully saturated rings. The minimum atomic E-state index is -0.273. The van der Waals surface area contributed by atoms with Crippen molar-refractivity contribution in [3.8, 4) is 17.5 Å². The predicted molar refractivity (Wildman–Crippen MR) is 72.6 cm³/mol. The van der Waals surface area contributed by atoms with Crippen LogP contribution in [0.2, 0.25) is 0 Å². The van der Waals surface area contributed by atoms with E-state index in [0.29, 0.717) is 17.1 Å². The minimum Gasteiger partial charge on any atom is -0.334 e. The summed E-state index contributed by atoms with van der Waals surface area (Å²) >= 11 is 1.46. The Bertz CT molecular complexity index is 790. The Labute approximate surface area is 123 Å². The Morgan fingerprint density at radius 3 is 2.90 bits per heavy atom. The molecule has 0 aliphatic carbocycles. The molecule has 0 saturated heterocycles. The zero-order valence-electron chi connectivity index (χ0n) is 10.6. The molecule has 2 heterocycles. The first-order chi connectivity index (χ1) is 10.3. The topological polar surface area (TPSA) is 91.4 Å². The molecule has 3 rings (SSSR count). The van der Waals surface area contributed by atoms with Gasteiger partial charge in [-0.2, -0.15) is 15.3 Å². The largest absolute Gasteiger partial charge is 0.334 e. The molecule has 0 unspecified atom stereocenters. The third-order valence-electron chi connectivity index (χ3n) is 2.63. The van der Waals surface area contributed by atoms with E-state index >= 15 is 0 Å². The molecule has 0 bridgehead atoms. The maximum Gasteiger partial charge on any atom is 0.262 e. The molecule has 0 saturated carbocycles. The lowest BCUT2D eigenvalue weighted by Crippen LogP contribution is -1.85. The summed E-state index contributed by atoms with van der Waals surface area (Å²) in [6.07, 6.45) is 1.46. The first-order valence-corrected chi connectivity index (χ1v) is 6.89. The van der Waals surface area contributed by atoms with Crippen molar-refractivity contribution in [2.75, 3.05) is 0 Å². The summed E-state index contributed by atoms with van der Waals surface area (Å²) in [6, 6.07) is 8.13. The van der Waals surface area contributed by atoms with Crippen LogP contribution in [-0.4, -0.2) is 20.3 Å². The number of benzene rings is 1. The first-order valence-electron chi connectivity index (χ1n) is 5.91. The smallest absolute Gasteiger partial charge is 0.262 e. The number of rotatable bonds is 4. The lowest BCUT2D eigenvalue weighted by atomic mass is 10.2. The van der Waals surface area contributed by atoms with Crippen LogP contribution in [0.1, 0.15) is 11.5 Å². The van der Waals surface area contributed by atoms with Crippen molar-refractivity contribution in [3.63, 3.8) is 0 Å². The second kappa shape index (κ2) is 5.76. The quantitative estimate of drug-likeness (QED) is 0.745. The monoisotopic (exact) mass is 301 g/mol. The van der Waals surface area contributed by atoms with Gasteiger partial charge in [-0.05, 0) is 24.3 Å². The highest BCUT2D eigenvalue weighted by molar-refractivity contribution is 7.98. The number of hydrogen-bond donors (Lipinski definition) is 1. The number of aromatic nitrogens is 4. The van der Waals surface area contributed by atoms with Gasteiger partial charge < -0.3 is 4.52 Å². The molecule has 6 nitrogen and oxygen atoms in total. The molecule has 3 aromatic rings. The highest BCUT2D eigenvalue weighted by Gasteiger charge is 2.14. The van der Waals surface area contributed by atoms with Crippen LogP contribution in [-0.2, 0) is 5.75 Å². The van der Waals surface area contributed by atoms with Crippen LogP contribution in [0.4, 0.5) is 4.39 Å². The van der Waals surface area contributed by atoms with E-state index in [2.05, 4.69) is 20.3 Å². The van der Waals surface area contributed by atoms with Crippen LogP contribution < -0.4 is 0 Å². The van der Waals surface area contributed by atoms with Crippen LogP contribution >= 0.6 is 11.8 Å². The lowest BCUT2D eigenvalue weighted by Gasteiger charge is -1.97. The summed E-state index contributed by atoms with van der Waals surface area (Å²) < 4.78 is 17.9. The first kappa shape index (κ1) is 13.3. The number of nitriles is 1. The van der Waals surface area contributed by atoms with E-state index in [1.807, 2.05) is 6.07 Å². The van der Waals surface area contributed by atoms with Gasteiger partial charge in [0.15, 0.2) is 5.82 Å². The maximum absolute atomic E-state index is 12.8. The fourth-order valence-corrected chi connectivity index (χ4v) is 2.38. The van der Waals surface area contributed by atoms with Crippen molar-refractivity contribution in [1.29, 1.82) is 5.26 Å². The van der Waals surface area contributed by atoms with Gasteiger partial charge in [-0.25, -0.2) is 4.39 Å². The van der Waals surface area contributed by atoms with Crippen molar-refractivity contribution >= 4 is 11.8 Å². The van der Waals surface area contributed by atoms with E-state index in [4.69, 9.17) is 9.78 Å². The normalized spacial score (nSPS) is 10.5. The number of hydrogen-bond acceptors (Lipinski definition) is 6. The number of aromatic amines is 1. The molecule has 8 heteroatoms. The van der Waals surface area contributed by atoms with Crippen molar-refractivity contribution in [3.05, 3.63) is 47.8 Å². The molecule has 0 radical (unpaired) electrons. The second-order valence-electron chi connectivity index (χ2n) is 4.03. The Balaban J connectivity index is 1.71. The van der Waals surface area contributed by atoms with E-state index in [9.17, 15) is 4.39 Å². The van der Waals surface area contributed by atoms with Gasteiger partial charge in [-0.3, -0.25) is 5.10 Å². The highest BCUT2D eigenvalue weighted by atomic mass is 32.2.